The maximum absolute atomic E-state index is 11.2. The highest BCUT2D eigenvalue weighted by Gasteiger charge is 2.29. The van der Waals surface area contributed by atoms with Crippen LogP contribution in [0, 0.1) is 0 Å². The maximum Gasteiger partial charge on any atom is 0.358 e. The van der Waals surface area contributed by atoms with Gasteiger partial charge >= 0.3 is 5.97 Å². The summed E-state index contributed by atoms with van der Waals surface area (Å²) in [5.41, 5.74) is 0.163. The minimum Gasteiger partial charge on any atom is -0.476 e. The molecule has 0 bridgehead atoms. The molecule has 0 aromatic carbocycles. The molecule has 1 aromatic rings. The van der Waals surface area contributed by atoms with Gasteiger partial charge in [0.15, 0.2) is 5.69 Å². The van der Waals surface area contributed by atoms with Gasteiger partial charge in [-0.25, -0.2) is 9.78 Å². The second-order valence-corrected chi connectivity index (χ2v) is 4.79. The number of anilines is 1. The summed E-state index contributed by atoms with van der Waals surface area (Å²) >= 11 is 0. The van der Waals surface area contributed by atoms with Gasteiger partial charge in [0.2, 0.25) is 0 Å². The van der Waals surface area contributed by atoms with Crippen LogP contribution in [0.4, 0.5) is 5.82 Å². The molecule has 2 N–H and O–H groups in total. The first-order valence-corrected chi connectivity index (χ1v) is 6.42. The maximum atomic E-state index is 11.2. The Hall–Kier alpha value is -1.56. The van der Waals surface area contributed by atoms with E-state index in [2.05, 4.69) is 10.3 Å². The van der Waals surface area contributed by atoms with Gasteiger partial charge in [-0.1, -0.05) is 0 Å². The average Bonchev–Trinajstić information content (AvgIpc) is 2.79. The van der Waals surface area contributed by atoms with Crippen LogP contribution >= 0.6 is 0 Å². The molecule has 0 spiro atoms. The van der Waals surface area contributed by atoms with Gasteiger partial charge in [0, 0.05) is 32.2 Å². The fourth-order valence-corrected chi connectivity index (χ4v) is 2.74. The van der Waals surface area contributed by atoms with E-state index in [0.29, 0.717) is 11.7 Å². The lowest BCUT2D eigenvalue weighted by molar-refractivity contribution is 0.0691. The molecule has 18 heavy (non-hydrogen) atoms. The molecule has 2 aliphatic rings. The molecule has 6 heteroatoms. The van der Waals surface area contributed by atoms with Crippen molar-refractivity contribution in [2.45, 2.75) is 31.7 Å². The van der Waals surface area contributed by atoms with E-state index in [1.807, 2.05) is 4.57 Å². The Bertz CT molecular complexity index is 463. The van der Waals surface area contributed by atoms with Crippen LogP contribution in [-0.4, -0.2) is 40.4 Å². The predicted molar refractivity (Wildman–Crippen MR) is 65.1 cm³/mol. The molecular weight excluding hydrogens is 234 g/mol. The first-order chi connectivity index (χ1) is 8.77. The van der Waals surface area contributed by atoms with Crippen LogP contribution in [0.5, 0.6) is 0 Å². The minimum atomic E-state index is -0.952. The summed E-state index contributed by atoms with van der Waals surface area (Å²) in [6.45, 7) is 3.15. The lowest BCUT2D eigenvalue weighted by atomic mass is 9.99. The standard InChI is InChI=1S/C12H17N3O3/c16-12(17)9-11-13-4-1-5-15(11)10(14-9)8-2-6-18-7-3-8/h8,13H,1-7H2,(H,16,17). The van der Waals surface area contributed by atoms with Crippen molar-refractivity contribution < 1.29 is 14.6 Å². The number of nitrogens with zero attached hydrogens (tertiary/aromatic N) is 2. The Morgan fingerprint density at radius 2 is 2.22 bits per heavy atom. The molecule has 2 aliphatic heterocycles. The van der Waals surface area contributed by atoms with Crippen molar-refractivity contribution >= 4 is 11.8 Å². The highest BCUT2D eigenvalue weighted by atomic mass is 16.5. The molecule has 0 aliphatic carbocycles. The number of carboxylic acid groups (broad SMARTS) is 1. The van der Waals surface area contributed by atoms with Crippen LogP contribution in [0.15, 0.2) is 0 Å². The van der Waals surface area contributed by atoms with E-state index in [-0.39, 0.29) is 5.69 Å². The molecule has 3 rings (SSSR count). The number of rotatable bonds is 2. The number of fused-ring (bicyclic) bond motifs is 1. The lowest BCUT2D eigenvalue weighted by Gasteiger charge is -2.25. The first-order valence-electron chi connectivity index (χ1n) is 6.42. The Morgan fingerprint density at radius 3 is 2.94 bits per heavy atom. The van der Waals surface area contributed by atoms with Crippen molar-refractivity contribution in [1.29, 1.82) is 0 Å². The zero-order valence-electron chi connectivity index (χ0n) is 10.2. The average molecular weight is 251 g/mol. The number of imidazole rings is 1. The van der Waals surface area contributed by atoms with Crippen molar-refractivity contribution in [2.75, 3.05) is 25.1 Å². The van der Waals surface area contributed by atoms with Crippen LogP contribution in [0.2, 0.25) is 0 Å². The number of nitrogens with one attached hydrogen (secondary N) is 1. The van der Waals surface area contributed by atoms with Gasteiger partial charge in [-0.3, -0.25) is 0 Å². The van der Waals surface area contributed by atoms with Crippen LogP contribution in [0.1, 0.15) is 41.5 Å². The van der Waals surface area contributed by atoms with Crippen molar-refractivity contribution in [3.63, 3.8) is 0 Å². The number of hydrogen-bond donors (Lipinski definition) is 2. The summed E-state index contributed by atoms with van der Waals surface area (Å²) in [7, 11) is 0. The molecule has 1 saturated heterocycles. The number of carbonyl (C=O) groups is 1. The summed E-state index contributed by atoms with van der Waals surface area (Å²) in [5, 5.41) is 12.4. The quantitative estimate of drug-likeness (QED) is 0.828. The summed E-state index contributed by atoms with van der Waals surface area (Å²) in [6.07, 6.45) is 2.86. The fraction of sp³-hybridized carbons (Fsp3) is 0.667. The van der Waals surface area contributed by atoms with Crippen molar-refractivity contribution in [3.8, 4) is 0 Å². The van der Waals surface area contributed by atoms with E-state index in [4.69, 9.17) is 4.74 Å². The van der Waals surface area contributed by atoms with E-state index in [9.17, 15) is 9.90 Å². The van der Waals surface area contributed by atoms with E-state index in [1.165, 1.54) is 0 Å². The SMILES string of the molecule is O=C(O)c1nc(C2CCOCC2)n2c1NCCC2. The molecule has 3 heterocycles. The van der Waals surface area contributed by atoms with Gasteiger partial charge in [-0.05, 0) is 19.3 Å². The second-order valence-electron chi connectivity index (χ2n) is 4.79. The number of aromatic carboxylic acids is 1. The van der Waals surface area contributed by atoms with E-state index < -0.39 is 5.97 Å². The smallest absolute Gasteiger partial charge is 0.358 e. The molecule has 98 valence electrons. The van der Waals surface area contributed by atoms with Gasteiger partial charge in [0.05, 0.1) is 0 Å². The normalized spacial score (nSPS) is 20.2. The second kappa shape index (κ2) is 4.61. The summed E-state index contributed by atoms with van der Waals surface area (Å²) in [6, 6.07) is 0. The van der Waals surface area contributed by atoms with Crippen LogP contribution in [0.3, 0.4) is 0 Å². The van der Waals surface area contributed by atoms with E-state index >= 15 is 0 Å². The fourth-order valence-electron chi connectivity index (χ4n) is 2.74. The molecule has 6 nitrogen and oxygen atoms in total. The highest BCUT2D eigenvalue weighted by molar-refractivity contribution is 5.91. The molecule has 0 unspecified atom stereocenters. The third kappa shape index (κ3) is 1.86. The number of carboxylic acids is 1. The molecule has 0 atom stereocenters. The predicted octanol–water partition coefficient (Wildman–Crippen LogP) is 1.29. The topological polar surface area (TPSA) is 76.4 Å². The van der Waals surface area contributed by atoms with Gasteiger partial charge in [0.1, 0.15) is 11.6 Å². The third-order valence-electron chi connectivity index (χ3n) is 3.64. The molecule has 0 saturated carbocycles. The van der Waals surface area contributed by atoms with Gasteiger partial charge in [-0.15, -0.1) is 0 Å². The van der Waals surface area contributed by atoms with Gasteiger partial charge in [-0.2, -0.15) is 0 Å². The van der Waals surface area contributed by atoms with Crippen LogP contribution in [0.25, 0.3) is 0 Å². The van der Waals surface area contributed by atoms with Gasteiger partial charge < -0.3 is 19.7 Å². The summed E-state index contributed by atoms with van der Waals surface area (Å²) < 4.78 is 7.40. The Morgan fingerprint density at radius 1 is 1.44 bits per heavy atom. The number of hydrogen-bond acceptors (Lipinski definition) is 4. The monoisotopic (exact) mass is 251 g/mol. The zero-order chi connectivity index (χ0) is 12.5. The summed E-state index contributed by atoms with van der Waals surface area (Å²) in [4.78, 5) is 15.6. The van der Waals surface area contributed by atoms with E-state index in [1.54, 1.807) is 0 Å². The van der Waals surface area contributed by atoms with Crippen LogP contribution in [-0.2, 0) is 11.3 Å². The Kier molecular flexibility index (Phi) is 2.95. The molecule has 1 aromatic heterocycles. The third-order valence-corrected chi connectivity index (χ3v) is 3.64. The lowest BCUT2D eigenvalue weighted by Crippen LogP contribution is -2.22. The number of aromatic nitrogens is 2. The van der Waals surface area contributed by atoms with Crippen LogP contribution < -0.4 is 5.32 Å². The zero-order valence-corrected chi connectivity index (χ0v) is 10.2. The van der Waals surface area contributed by atoms with E-state index in [0.717, 1.165) is 51.4 Å². The highest BCUT2D eigenvalue weighted by Crippen LogP contribution is 2.31. The minimum absolute atomic E-state index is 0.163. The first kappa shape index (κ1) is 11.5. The molecule has 0 amide bonds. The summed E-state index contributed by atoms with van der Waals surface area (Å²) in [5.74, 6) is 0.963. The van der Waals surface area contributed by atoms with Crippen molar-refractivity contribution in [3.05, 3.63) is 11.5 Å². The largest absolute Gasteiger partial charge is 0.476 e. The Balaban J connectivity index is 2.00. The number of ether oxygens (including phenoxy) is 1. The van der Waals surface area contributed by atoms with Crippen molar-refractivity contribution in [1.82, 2.24) is 9.55 Å². The van der Waals surface area contributed by atoms with Gasteiger partial charge in [0.25, 0.3) is 0 Å². The molecule has 1 fully saturated rings. The Labute approximate surface area is 105 Å². The molecular formula is C12H17N3O3. The van der Waals surface area contributed by atoms with Crippen molar-refractivity contribution in [2.24, 2.45) is 0 Å². The molecule has 0 radical (unpaired) electrons.